The van der Waals surface area contributed by atoms with Crippen LogP contribution in [-0.2, 0) is 11.2 Å². The molecule has 22 heavy (non-hydrogen) atoms. The van der Waals surface area contributed by atoms with E-state index in [9.17, 15) is 0 Å². The molecular formula is C17H22Cl4O. The Bertz CT molecular complexity index is 500. The highest BCUT2D eigenvalue weighted by Gasteiger charge is 2.66. The summed E-state index contributed by atoms with van der Waals surface area (Å²) in [6.07, 6.45) is 2.85. The summed E-state index contributed by atoms with van der Waals surface area (Å²) in [4.78, 5) is 0. The fourth-order valence-corrected chi connectivity index (χ4v) is 4.95. The van der Waals surface area contributed by atoms with Gasteiger partial charge in [-0.25, -0.2) is 0 Å². The lowest BCUT2D eigenvalue weighted by molar-refractivity contribution is 0.0387. The summed E-state index contributed by atoms with van der Waals surface area (Å²) in [5.74, 6) is 0.0928. The third-order valence-corrected chi connectivity index (χ3v) is 5.99. The van der Waals surface area contributed by atoms with Crippen molar-refractivity contribution in [1.82, 2.24) is 0 Å². The number of halogens is 4. The molecule has 0 heterocycles. The SMILES string of the molecule is CCCC(OCC)C1C(c2cc(Cl)c(CC)c(Cl)c2)C1(Cl)Cl. The Morgan fingerprint density at radius 3 is 2.18 bits per heavy atom. The van der Waals surface area contributed by atoms with Gasteiger partial charge in [-0.3, -0.25) is 0 Å². The Morgan fingerprint density at radius 2 is 1.73 bits per heavy atom. The third-order valence-electron chi connectivity index (χ3n) is 4.34. The maximum Gasteiger partial charge on any atom is 0.131 e. The van der Waals surface area contributed by atoms with E-state index in [4.69, 9.17) is 51.1 Å². The monoisotopic (exact) mass is 382 g/mol. The molecule has 0 aromatic heterocycles. The van der Waals surface area contributed by atoms with Crippen LogP contribution in [0.3, 0.4) is 0 Å². The normalized spacial score (nSPS) is 24.3. The second kappa shape index (κ2) is 7.49. The first-order chi connectivity index (χ1) is 10.4. The molecule has 0 spiro atoms. The summed E-state index contributed by atoms with van der Waals surface area (Å²) < 4.78 is 5.05. The van der Waals surface area contributed by atoms with Crippen LogP contribution in [0.2, 0.25) is 10.0 Å². The molecule has 2 rings (SSSR count). The van der Waals surface area contributed by atoms with Crippen LogP contribution >= 0.6 is 46.4 Å². The van der Waals surface area contributed by atoms with Crippen molar-refractivity contribution < 1.29 is 4.74 Å². The lowest BCUT2D eigenvalue weighted by Gasteiger charge is -2.16. The van der Waals surface area contributed by atoms with Gasteiger partial charge in [0.15, 0.2) is 0 Å². The van der Waals surface area contributed by atoms with Gasteiger partial charge in [-0.2, -0.15) is 0 Å². The lowest BCUT2D eigenvalue weighted by atomic mass is 10.0. The fourth-order valence-electron chi connectivity index (χ4n) is 3.25. The minimum absolute atomic E-state index is 0.0137. The van der Waals surface area contributed by atoms with Crippen LogP contribution in [0, 0.1) is 5.92 Å². The highest BCUT2D eigenvalue weighted by molar-refractivity contribution is 6.52. The van der Waals surface area contributed by atoms with E-state index in [0.29, 0.717) is 16.7 Å². The summed E-state index contributed by atoms with van der Waals surface area (Å²) in [7, 11) is 0. The predicted molar refractivity (Wildman–Crippen MR) is 96.8 cm³/mol. The van der Waals surface area contributed by atoms with Crippen LogP contribution < -0.4 is 0 Å². The average molecular weight is 384 g/mol. The van der Waals surface area contributed by atoms with Gasteiger partial charge in [-0.05, 0) is 43.0 Å². The smallest absolute Gasteiger partial charge is 0.131 e. The van der Waals surface area contributed by atoms with Gasteiger partial charge < -0.3 is 4.74 Å². The standard InChI is InChI=1S/C17H22Cl4O/c1-4-7-14(22-6-3)16-15(17(16,20)21)10-8-12(18)11(5-2)13(19)9-10/h8-9,14-16H,4-7H2,1-3H3. The minimum Gasteiger partial charge on any atom is -0.378 e. The largest absolute Gasteiger partial charge is 0.378 e. The first kappa shape index (κ1) is 18.7. The molecule has 1 fully saturated rings. The van der Waals surface area contributed by atoms with Crippen LogP contribution in [0.25, 0.3) is 0 Å². The van der Waals surface area contributed by atoms with Gasteiger partial charge in [0.25, 0.3) is 0 Å². The maximum absolute atomic E-state index is 6.55. The topological polar surface area (TPSA) is 9.23 Å². The quantitative estimate of drug-likeness (QED) is 0.479. The number of benzene rings is 1. The van der Waals surface area contributed by atoms with Gasteiger partial charge in [-0.1, -0.05) is 43.5 Å². The van der Waals surface area contributed by atoms with Gasteiger partial charge in [0.05, 0.1) is 6.10 Å². The van der Waals surface area contributed by atoms with E-state index in [-0.39, 0.29) is 17.9 Å². The molecule has 0 bridgehead atoms. The molecule has 124 valence electrons. The summed E-state index contributed by atoms with van der Waals surface area (Å²) in [6, 6.07) is 3.90. The molecule has 0 N–H and O–H groups in total. The van der Waals surface area contributed by atoms with Crippen molar-refractivity contribution in [2.75, 3.05) is 6.61 Å². The molecule has 1 aromatic rings. The molecule has 0 aliphatic heterocycles. The van der Waals surface area contributed by atoms with E-state index in [1.807, 2.05) is 26.0 Å². The molecule has 0 amide bonds. The third kappa shape index (κ3) is 3.54. The molecule has 1 nitrogen and oxygen atoms in total. The van der Waals surface area contributed by atoms with Gasteiger partial charge in [0.2, 0.25) is 0 Å². The predicted octanol–water partition coefficient (Wildman–Crippen LogP) is 6.65. The number of ether oxygens (including phenoxy) is 1. The maximum atomic E-state index is 6.55. The molecule has 1 saturated carbocycles. The van der Waals surface area contributed by atoms with Crippen molar-refractivity contribution in [2.24, 2.45) is 5.92 Å². The van der Waals surface area contributed by atoms with E-state index >= 15 is 0 Å². The minimum atomic E-state index is -0.810. The highest BCUT2D eigenvalue weighted by Crippen LogP contribution is 2.67. The number of hydrogen-bond donors (Lipinski definition) is 0. The zero-order valence-corrected chi connectivity index (χ0v) is 16.2. The van der Waals surface area contributed by atoms with E-state index in [0.717, 1.165) is 30.4 Å². The zero-order chi connectivity index (χ0) is 16.5. The Balaban J connectivity index is 2.29. The second-order valence-electron chi connectivity index (χ2n) is 5.78. The van der Waals surface area contributed by atoms with E-state index < -0.39 is 4.33 Å². The summed E-state index contributed by atoms with van der Waals surface area (Å²) in [5.41, 5.74) is 1.97. The fraction of sp³-hybridized carbons (Fsp3) is 0.647. The first-order valence-corrected chi connectivity index (χ1v) is 9.36. The second-order valence-corrected chi connectivity index (χ2v) is 8.04. The number of alkyl halides is 2. The van der Waals surface area contributed by atoms with E-state index in [1.54, 1.807) is 0 Å². The Labute approximate surface area is 153 Å². The lowest BCUT2D eigenvalue weighted by Crippen LogP contribution is -2.18. The Morgan fingerprint density at radius 1 is 1.14 bits per heavy atom. The van der Waals surface area contributed by atoms with Crippen molar-refractivity contribution in [3.05, 3.63) is 33.3 Å². The molecule has 3 atom stereocenters. The molecule has 0 saturated heterocycles. The van der Waals surface area contributed by atoms with Crippen molar-refractivity contribution in [1.29, 1.82) is 0 Å². The van der Waals surface area contributed by atoms with Crippen molar-refractivity contribution in [3.8, 4) is 0 Å². The van der Waals surface area contributed by atoms with Crippen LogP contribution in [-0.4, -0.2) is 17.0 Å². The van der Waals surface area contributed by atoms with Crippen molar-refractivity contribution in [2.45, 2.75) is 56.4 Å². The molecule has 5 heteroatoms. The van der Waals surface area contributed by atoms with Gasteiger partial charge >= 0.3 is 0 Å². The van der Waals surface area contributed by atoms with Crippen molar-refractivity contribution in [3.63, 3.8) is 0 Å². The van der Waals surface area contributed by atoms with E-state index in [1.165, 1.54) is 0 Å². The highest BCUT2D eigenvalue weighted by atomic mass is 35.5. The van der Waals surface area contributed by atoms with Crippen LogP contribution in [0.5, 0.6) is 0 Å². The number of hydrogen-bond acceptors (Lipinski definition) is 1. The average Bonchev–Trinajstić information content (AvgIpc) is 3.00. The Hall–Kier alpha value is 0.340. The molecule has 1 aliphatic rings. The zero-order valence-electron chi connectivity index (χ0n) is 13.1. The molecule has 1 aliphatic carbocycles. The molecule has 1 aromatic carbocycles. The summed E-state index contributed by atoms with van der Waals surface area (Å²) in [6.45, 7) is 6.83. The van der Waals surface area contributed by atoms with Gasteiger partial charge in [0.1, 0.15) is 4.33 Å². The summed E-state index contributed by atoms with van der Waals surface area (Å²) in [5, 5.41) is 1.37. The summed E-state index contributed by atoms with van der Waals surface area (Å²) >= 11 is 25.8. The van der Waals surface area contributed by atoms with Gasteiger partial charge in [-0.15, -0.1) is 23.2 Å². The molecular weight excluding hydrogens is 362 g/mol. The Kier molecular flexibility index (Phi) is 6.36. The van der Waals surface area contributed by atoms with Crippen LogP contribution in [0.4, 0.5) is 0 Å². The van der Waals surface area contributed by atoms with E-state index in [2.05, 4.69) is 6.92 Å². The number of rotatable bonds is 7. The van der Waals surface area contributed by atoms with Crippen molar-refractivity contribution >= 4 is 46.4 Å². The van der Waals surface area contributed by atoms with Crippen LogP contribution in [0.1, 0.15) is 50.7 Å². The first-order valence-electron chi connectivity index (χ1n) is 7.85. The van der Waals surface area contributed by atoms with Crippen LogP contribution in [0.15, 0.2) is 12.1 Å². The van der Waals surface area contributed by atoms with Gasteiger partial charge in [0, 0.05) is 28.5 Å². The molecule has 3 unspecified atom stereocenters. The molecule has 0 radical (unpaired) electrons.